The number of carboxylic acids is 1. The van der Waals surface area contributed by atoms with E-state index in [0.29, 0.717) is 19.3 Å². The van der Waals surface area contributed by atoms with Gasteiger partial charge in [0.2, 0.25) is 0 Å². The number of esters is 1. The van der Waals surface area contributed by atoms with E-state index in [-0.39, 0.29) is 18.5 Å². The predicted octanol–water partition coefficient (Wildman–Crippen LogP) is 6.65. The number of rotatable bonds is 19. The van der Waals surface area contributed by atoms with Crippen LogP contribution in [0.1, 0.15) is 123 Å². The number of carboxylic acid groups (broad SMARTS) is 1. The molecule has 0 aromatic rings. The molecule has 0 aliphatic carbocycles. The van der Waals surface area contributed by atoms with Crippen molar-refractivity contribution < 1.29 is 19.4 Å². The highest BCUT2D eigenvalue weighted by Crippen LogP contribution is 2.14. The number of aliphatic carboxylic acids is 1. The number of ether oxygens (including phenoxy) is 1. The topological polar surface area (TPSA) is 63.6 Å². The van der Waals surface area contributed by atoms with Gasteiger partial charge < -0.3 is 9.84 Å². The fourth-order valence-electron chi connectivity index (χ4n) is 3.16. The van der Waals surface area contributed by atoms with Gasteiger partial charge in [0.1, 0.15) is 0 Å². The molecule has 154 valence electrons. The van der Waals surface area contributed by atoms with Crippen LogP contribution in [-0.2, 0) is 14.3 Å². The molecule has 0 amide bonds. The summed E-state index contributed by atoms with van der Waals surface area (Å²) in [5, 5.41) is 8.55. The molecule has 0 aromatic carbocycles. The molecule has 1 atom stereocenters. The zero-order valence-corrected chi connectivity index (χ0v) is 17.3. The lowest BCUT2D eigenvalue weighted by molar-refractivity contribution is -0.149. The molecular weight excluding hydrogens is 328 g/mol. The molecule has 4 heteroatoms. The lowest BCUT2D eigenvalue weighted by atomic mass is 10.0. The van der Waals surface area contributed by atoms with Crippen LogP contribution in [0.5, 0.6) is 0 Å². The molecule has 0 aliphatic rings. The molecule has 1 N–H and O–H groups in total. The van der Waals surface area contributed by atoms with E-state index in [1.165, 1.54) is 70.6 Å². The van der Waals surface area contributed by atoms with Crippen molar-refractivity contribution in [3.63, 3.8) is 0 Å². The standard InChI is InChI=1S/C22H42O4/c1-3-4-5-6-7-8-9-10-11-12-13-14-17-20(2)26-22(25)19-16-15-18-21(23)24/h20H,3-19H2,1-2H3,(H,23,24). The van der Waals surface area contributed by atoms with E-state index in [2.05, 4.69) is 6.92 Å². The van der Waals surface area contributed by atoms with Gasteiger partial charge in [-0.1, -0.05) is 77.6 Å². The fourth-order valence-corrected chi connectivity index (χ4v) is 3.16. The summed E-state index contributed by atoms with van der Waals surface area (Å²) in [6, 6.07) is 0. The zero-order valence-electron chi connectivity index (χ0n) is 17.3. The average molecular weight is 371 g/mol. The number of carbonyl (C=O) groups is 2. The summed E-state index contributed by atoms with van der Waals surface area (Å²) in [6.45, 7) is 4.21. The Morgan fingerprint density at radius 2 is 1.19 bits per heavy atom. The van der Waals surface area contributed by atoms with Crippen LogP contribution in [0.4, 0.5) is 0 Å². The first-order valence-corrected chi connectivity index (χ1v) is 11.0. The maximum Gasteiger partial charge on any atom is 0.306 e. The Labute approximate surface area is 161 Å². The maximum absolute atomic E-state index is 11.6. The number of hydrogen-bond donors (Lipinski definition) is 1. The Kier molecular flexibility index (Phi) is 18.0. The third kappa shape index (κ3) is 19.3. The second-order valence-corrected chi connectivity index (χ2v) is 7.58. The summed E-state index contributed by atoms with van der Waals surface area (Å²) in [5.41, 5.74) is 0. The zero-order chi connectivity index (χ0) is 19.5. The lowest BCUT2D eigenvalue weighted by Gasteiger charge is -2.13. The molecule has 0 aliphatic heterocycles. The highest BCUT2D eigenvalue weighted by Gasteiger charge is 2.09. The van der Waals surface area contributed by atoms with E-state index >= 15 is 0 Å². The smallest absolute Gasteiger partial charge is 0.306 e. The van der Waals surface area contributed by atoms with Crippen molar-refractivity contribution in [2.75, 3.05) is 0 Å². The van der Waals surface area contributed by atoms with Crippen molar-refractivity contribution >= 4 is 11.9 Å². The molecule has 0 aromatic heterocycles. The summed E-state index contributed by atoms with van der Waals surface area (Å²) >= 11 is 0. The minimum absolute atomic E-state index is 0.0231. The van der Waals surface area contributed by atoms with Gasteiger partial charge in [0.25, 0.3) is 0 Å². The Morgan fingerprint density at radius 1 is 0.731 bits per heavy atom. The number of hydrogen-bond acceptors (Lipinski definition) is 3. The van der Waals surface area contributed by atoms with Crippen LogP contribution in [0.25, 0.3) is 0 Å². The van der Waals surface area contributed by atoms with E-state index in [1.807, 2.05) is 6.92 Å². The van der Waals surface area contributed by atoms with Gasteiger partial charge in [-0.15, -0.1) is 0 Å². The van der Waals surface area contributed by atoms with Gasteiger partial charge in [0.05, 0.1) is 6.10 Å². The second kappa shape index (κ2) is 18.7. The molecule has 4 nitrogen and oxygen atoms in total. The van der Waals surface area contributed by atoms with E-state index < -0.39 is 5.97 Å². The Balaban J connectivity index is 3.31. The summed E-state index contributed by atoms with van der Waals surface area (Å²) in [5.74, 6) is -1.000. The van der Waals surface area contributed by atoms with Crippen LogP contribution < -0.4 is 0 Å². The molecule has 0 bridgehead atoms. The van der Waals surface area contributed by atoms with Crippen molar-refractivity contribution in [3.8, 4) is 0 Å². The molecule has 0 spiro atoms. The first kappa shape index (κ1) is 24.9. The van der Waals surface area contributed by atoms with Gasteiger partial charge in [-0.3, -0.25) is 9.59 Å². The molecule has 0 saturated carbocycles. The molecule has 0 radical (unpaired) electrons. The van der Waals surface area contributed by atoms with E-state index in [9.17, 15) is 9.59 Å². The summed E-state index contributed by atoms with van der Waals surface area (Å²) in [7, 11) is 0. The maximum atomic E-state index is 11.6. The monoisotopic (exact) mass is 370 g/mol. The molecule has 0 saturated heterocycles. The Bertz CT molecular complexity index is 341. The van der Waals surface area contributed by atoms with Crippen molar-refractivity contribution in [3.05, 3.63) is 0 Å². The van der Waals surface area contributed by atoms with Crippen LogP contribution in [0, 0.1) is 0 Å². The van der Waals surface area contributed by atoms with Gasteiger partial charge in [0.15, 0.2) is 0 Å². The molecule has 26 heavy (non-hydrogen) atoms. The lowest BCUT2D eigenvalue weighted by Crippen LogP contribution is -2.14. The van der Waals surface area contributed by atoms with Gasteiger partial charge >= 0.3 is 11.9 Å². The van der Waals surface area contributed by atoms with Gasteiger partial charge in [-0.2, -0.15) is 0 Å². The quantitative estimate of drug-likeness (QED) is 0.204. The van der Waals surface area contributed by atoms with E-state index in [4.69, 9.17) is 9.84 Å². The van der Waals surface area contributed by atoms with Gasteiger partial charge in [0, 0.05) is 12.8 Å². The van der Waals surface area contributed by atoms with Crippen LogP contribution in [0.15, 0.2) is 0 Å². The third-order valence-corrected chi connectivity index (χ3v) is 4.82. The molecule has 1 unspecified atom stereocenters. The normalized spacial score (nSPS) is 12.1. The minimum Gasteiger partial charge on any atom is -0.481 e. The van der Waals surface area contributed by atoms with Crippen LogP contribution >= 0.6 is 0 Å². The van der Waals surface area contributed by atoms with Crippen molar-refractivity contribution in [2.24, 2.45) is 0 Å². The average Bonchev–Trinajstić information content (AvgIpc) is 2.59. The van der Waals surface area contributed by atoms with Crippen molar-refractivity contribution in [1.82, 2.24) is 0 Å². The number of carbonyl (C=O) groups excluding carboxylic acids is 1. The Morgan fingerprint density at radius 3 is 1.69 bits per heavy atom. The summed E-state index contributed by atoms with van der Waals surface area (Å²) < 4.78 is 5.37. The first-order valence-electron chi connectivity index (χ1n) is 11.0. The van der Waals surface area contributed by atoms with Crippen LogP contribution in [0.2, 0.25) is 0 Å². The third-order valence-electron chi connectivity index (χ3n) is 4.82. The van der Waals surface area contributed by atoms with E-state index in [0.717, 1.165) is 12.8 Å². The minimum atomic E-state index is -0.807. The van der Waals surface area contributed by atoms with Crippen LogP contribution in [0.3, 0.4) is 0 Å². The highest BCUT2D eigenvalue weighted by atomic mass is 16.5. The fraction of sp³-hybridized carbons (Fsp3) is 0.909. The van der Waals surface area contributed by atoms with Crippen molar-refractivity contribution in [1.29, 1.82) is 0 Å². The van der Waals surface area contributed by atoms with Crippen molar-refractivity contribution in [2.45, 2.75) is 129 Å². The van der Waals surface area contributed by atoms with Crippen LogP contribution in [-0.4, -0.2) is 23.1 Å². The molecule has 0 heterocycles. The summed E-state index contributed by atoms with van der Waals surface area (Å²) in [6.07, 6.45) is 18.5. The Hall–Kier alpha value is -1.06. The molecular formula is C22H42O4. The largest absolute Gasteiger partial charge is 0.481 e. The SMILES string of the molecule is CCCCCCCCCCCCCCC(C)OC(=O)CCCCC(=O)O. The van der Waals surface area contributed by atoms with Gasteiger partial charge in [-0.25, -0.2) is 0 Å². The van der Waals surface area contributed by atoms with E-state index in [1.54, 1.807) is 0 Å². The summed E-state index contributed by atoms with van der Waals surface area (Å²) in [4.78, 5) is 22.0. The second-order valence-electron chi connectivity index (χ2n) is 7.58. The highest BCUT2D eigenvalue weighted by molar-refractivity contribution is 5.70. The predicted molar refractivity (Wildman–Crippen MR) is 107 cm³/mol. The molecule has 0 fully saturated rings. The van der Waals surface area contributed by atoms with Gasteiger partial charge in [-0.05, 0) is 32.6 Å². The number of unbranched alkanes of at least 4 members (excludes halogenated alkanes) is 12. The molecule has 0 rings (SSSR count). The first-order chi connectivity index (χ1) is 12.6.